The van der Waals surface area contributed by atoms with Crippen LogP contribution in [0.2, 0.25) is 0 Å². The first-order chi connectivity index (χ1) is 14.2. The first-order valence-corrected chi connectivity index (χ1v) is 9.85. The van der Waals surface area contributed by atoms with Gasteiger partial charge in [0, 0.05) is 17.0 Å². The molecule has 0 saturated carbocycles. The quantitative estimate of drug-likeness (QED) is 0.614. The predicted octanol–water partition coefficient (Wildman–Crippen LogP) is 3.56. The van der Waals surface area contributed by atoms with Crippen molar-refractivity contribution in [2.24, 2.45) is 0 Å². The first-order valence-electron chi connectivity index (χ1n) is 8.97. The van der Waals surface area contributed by atoms with Crippen LogP contribution < -0.4 is 20.1 Å². The summed E-state index contributed by atoms with van der Waals surface area (Å²) in [7, 11) is 0. The molecule has 1 aliphatic heterocycles. The van der Waals surface area contributed by atoms with Crippen LogP contribution in [0.3, 0.4) is 0 Å². The molecule has 2 aromatic carbocycles. The zero-order valence-corrected chi connectivity index (χ0v) is 16.2. The van der Waals surface area contributed by atoms with Gasteiger partial charge in [-0.3, -0.25) is 9.59 Å². The van der Waals surface area contributed by atoms with Crippen LogP contribution in [0, 0.1) is 0 Å². The van der Waals surface area contributed by atoms with Crippen molar-refractivity contribution in [3.63, 3.8) is 0 Å². The summed E-state index contributed by atoms with van der Waals surface area (Å²) < 4.78 is 10.7. The smallest absolute Gasteiger partial charge is 0.268 e. The summed E-state index contributed by atoms with van der Waals surface area (Å²) in [6.45, 7) is 0.489. The fourth-order valence-electron chi connectivity index (χ4n) is 2.79. The molecule has 4 rings (SSSR count). The Balaban J connectivity index is 1.48. The van der Waals surface area contributed by atoms with Gasteiger partial charge in [0.05, 0.1) is 0 Å². The second kappa shape index (κ2) is 8.62. The molecule has 6 nitrogen and oxygen atoms in total. The lowest BCUT2D eigenvalue weighted by Gasteiger charge is -2.11. The van der Waals surface area contributed by atoms with E-state index in [2.05, 4.69) is 10.6 Å². The van der Waals surface area contributed by atoms with Crippen molar-refractivity contribution in [2.45, 2.75) is 6.54 Å². The minimum absolute atomic E-state index is 0.182. The molecule has 3 aromatic rings. The maximum atomic E-state index is 12.8. The Hall–Kier alpha value is -3.58. The molecule has 0 aliphatic carbocycles. The Morgan fingerprint density at radius 1 is 1.00 bits per heavy atom. The van der Waals surface area contributed by atoms with E-state index < -0.39 is 0 Å². The van der Waals surface area contributed by atoms with Crippen LogP contribution in [0.15, 0.2) is 71.7 Å². The third kappa shape index (κ3) is 4.64. The molecule has 2 amide bonds. The van der Waals surface area contributed by atoms with Crippen molar-refractivity contribution in [1.29, 1.82) is 0 Å². The van der Waals surface area contributed by atoms with Crippen molar-refractivity contribution in [3.8, 4) is 11.5 Å². The van der Waals surface area contributed by atoms with Crippen molar-refractivity contribution in [1.82, 2.24) is 10.6 Å². The molecule has 2 N–H and O–H groups in total. The van der Waals surface area contributed by atoms with Crippen LogP contribution in [0.25, 0.3) is 6.08 Å². The van der Waals surface area contributed by atoms with Crippen LogP contribution in [0.5, 0.6) is 11.5 Å². The van der Waals surface area contributed by atoms with Gasteiger partial charge in [-0.15, -0.1) is 11.3 Å². The van der Waals surface area contributed by atoms with Gasteiger partial charge in [-0.2, -0.15) is 0 Å². The number of hydrogen-bond donors (Lipinski definition) is 2. The molecule has 0 unspecified atom stereocenters. The van der Waals surface area contributed by atoms with E-state index in [1.165, 1.54) is 11.3 Å². The second-order valence-corrected chi connectivity index (χ2v) is 7.24. The van der Waals surface area contributed by atoms with Gasteiger partial charge in [0.2, 0.25) is 6.79 Å². The van der Waals surface area contributed by atoms with Gasteiger partial charge in [0.25, 0.3) is 11.8 Å². The number of thiophene rings is 1. The van der Waals surface area contributed by atoms with Gasteiger partial charge >= 0.3 is 0 Å². The maximum absolute atomic E-state index is 12.8. The highest BCUT2D eigenvalue weighted by molar-refractivity contribution is 7.10. The number of ether oxygens (including phenoxy) is 2. The molecule has 29 heavy (non-hydrogen) atoms. The third-order valence-corrected chi connectivity index (χ3v) is 5.07. The summed E-state index contributed by atoms with van der Waals surface area (Å²) >= 11 is 1.48. The van der Waals surface area contributed by atoms with E-state index in [-0.39, 0.29) is 24.3 Å². The van der Waals surface area contributed by atoms with Gasteiger partial charge in [-0.25, -0.2) is 0 Å². The Morgan fingerprint density at radius 2 is 1.83 bits per heavy atom. The summed E-state index contributed by atoms with van der Waals surface area (Å²) in [5.41, 5.74) is 1.53. The summed E-state index contributed by atoms with van der Waals surface area (Å²) in [4.78, 5) is 26.2. The summed E-state index contributed by atoms with van der Waals surface area (Å²) in [5.74, 6) is 0.629. The van der Waals surface area contributed by atoms with Crippen LogP contribution in [0.4, 0.5) is 0 Å². The molecule has 0 radical (unpaired) electrons. The van der Waals surface area contributed by atoms with Crippen molar-refractivity contribution in [2.75, 3.05) is 6.79 Å². The molecule has 0 fully saturated rings. The first kappa shape index (κ1) is 18.8. The molecule has 1 aliphatic rings. The lowest BCUT2D eigenvalue weighted by Crippen LogP contribution is -2.34. The van der Waals surface area contributed by atoms with Gasteiger partial charge in [0.1, 0.15) is 5.70 Å². The number of hydrogen-bond acceptors (Lipinski definition) is 5. The molecule has 0 saturated heterocycles. The Morgan fingerprint density at radius 3 is 2.62 bits per heavy atom. The number of rotatable bonds is 6. The van der Waals surface area contributed by atoms with Crippen LogP contribution in [0.1, 0.15) is 20.8 Å². The molecule has 0 bridgehead atoms. The number of carbonyl (C=O) groups excluding carboxylic acids is 2. The fourth-order valence-corrected chi connectivity index (χ4v) is 3.44. The number of amides is 2. The number of fused-ring (bicyclic) bond motifs is 1. The zero-order chi connectivity index (χ0) is 20.1. The van der Waals surface area contributed by atoms with Crippen molar-refractivity contribution in [3.05, 3.63) is 87.7 Å². The third-order valence-electron chi connectivity index (χ3n) is 4.25. The molecule has 7 heteroatoms. The lowest BCUT2D eigenvalue weighted by molar-refractivity contribution is -0.117. The lowest BCUT2D eigenvalue weighted by atomic mass is 10.2. The molecule has 146 valence electrons. The average Bonchev–Trinajstić information content (AvgIpc) is 3.43. The molecular formula is C22H18N2O4S. The van der Waals surface area contributed by atoms with Crippen molar-refractivity contribution >= 4 is 29.2 Å². The highest BCUT2D eigenvalue weighted by atomic mass is 32.1. The summed E-state index contributed by atoms with van der Waals surface area (Å²) in [5, 5.41) is 7.48. The Bertz CT molecular complexity index is 1050. The minimum atomic E-state index is -0.375. The average molecular weight is 406 g/mol. The standard InChI is InChI=1S/C22H18N2O4S/c25-21(16-5-2-1-3-6-16)24-18(12-17-7-4-10-29-17)22(26)23-13-15-8-9-19-20(11-15)28-14-27-19/h1-12H,13-14H2,(H,23,26)(H,24,25)/b18-12-. The van der Waals surface area contributed by atoms with Crippen LogP contribution in [-0.2, 0) is 11.3 Å². The van der Waals surface area contributed by atoms with E-state index in [0.29, 0.717) is 23.6 Å². The maximum Gasteiger partial charge on any atom is 0.268 e. The highest BCUT2D eigenvalue weighted by Gasteiger charge is 2.16. The Labute approximate surface area is 171 Å². The topological polar surface area (TPSA) is 76.7 Å². The van der Waals surface area contributed by atoms with E-state index in [1.54, 1.807) is 30.3 Å². The normalized spacial score (nSPS) is 12.5. The molecule has 1 aromatic heterocycles. The second-order valence-electron chi connectivity index (χ2n) is 6.26. The Kier molecular flexibility index (Phi) is 5.58. The summed E-state index contributed by atoms with van der Waals surface area (Å²) in [6, 6.07) is 18.0. The van der Waals surface area contributed by atoms with E-state index in [9.17, 15) is 9.59 Å². The van der Waals surface area contributed by atoms with E-state index in [0.717, 1.165) is 10.4 Å². The minimum Gasteiger partial charge on any atom is -0.454 e. The number of carbonyl (C=O) groups is 2. The zero-order valence-electron chi connectivity index (χ0n) is 15.4. The highest BCUT2D eigenvalue weighted by Crippen LogP contribution is 2.32. The van der Waals surface area contributed by atoms with Crippen molar-refractivity contribution < 1.29 is 19.1 Å². The largest absolute Gasteiger partial charge is 0.454 e. The van der Waals surface area contributed by atoms with Gasteiger partial charge in [-0.1, -0.05) is 30.3 Å². The molecule has 0 spiro atoms. The predicted molar refractivity (Wildman–Crippen MR) is 111 cm³/mol. The molecule has 2 heterocycles. The van der Waals surface area contributed by atoms with E-state index in [1.807, 2.05) is 41.8 Å². The van der Waals surface area contributed by atoms with Gasteiger partial charge in [-0.05, 0) is 47.4 Å². The monoisotopic (exact) mass is 406 g/mol. The van der Waals surface area contributed by atoms with E-state index in [4.69, 9.17) is 9.47 Å². The van der Waals surface area contributed by atoms with Crippen LogP contribution in [-0.4, -0.2) is 18.6 Å². The fraction of sp³-hybridized carbons (Fsp3) is 0.0909. The van der Waals surface area contributed by atoms with Gasteiger partial charge in [0.15, 0.2) is 11.5 Å². The number of nitrogens with one attached hydrogen (secondary N) is 2. The molecule has 0 atom stereocenters. The molecular weight excluding hydrogens is 388 g/mol. The van der Waals surface area contributed by atoms with E-state index >= 15 is 0 Å². The SMILES string of the molecule is O=C(NCc1ccc2c(c1)OCO2)/C(=C/c1cccs1)NC(=O)c1ccccc1. The number of benzene rings is 2. The summed E-state index contributed by atoms with van der Waals surface area (Å²) in [6.07, 6.45) is 1.67. The van der Waals surface area contributed by atoms with Crippen LogP contribution >= 0.6 is 11.3 Å². The van der Waals surface area contributed by atoms with Gasteiger partial charge < -0.3 is 20.1 Å².